The van der Waals surface area contributed by atoms with Crippen LogP contribution in [-0.2, 0) is 18.4 Å². The minimum absolute atomic E-state index is 0.00224. The van der Waals surface area contributed by atoms with Crippen molar-refractivity contribution in [3.05, 3.63) is 24.3 Å². The Kier molecular flexibility index (Phi) is 28.5. The van der Waals surface area contributed by atoms with Crippen molar-refractivity contribution >= 4 is 13.7 Å². The highest BCUT2D eigenvalue weighted by Crippen LogP contribution is 2.38. The van der Waals surface area contributed by atoms with Crippen molar-refractivity contribution in [2.24, 2.45) is 0 Å². The first-order valence-corrected chi connectivity index (χ1v) is 19.7. The molecule has 9 heteroatoms. The van der Waals surface area contributed by atoms with Gasteiger partial charge in [-0.1, -0.05) is 128 Å². The Morgan fingerprint density at radius 1 is 0.756 bits per heavy atom. The summed E-state index contributed by atoms with van der Waals surface area (Å²) in [5.74, 6) is -0.212. The summed E-state index contributed by atoms with van der Waals surface area (Å²) in [6.45, 7) is 4.54. The minimum Gasteiger partial charge on any atom is -0.756 e. The Morgan fingerprint density at radius 3 is 1.82 bits per heavy atom. The molecule has 0 heterocycles. The number of nitrogens with zero attached hydrogens (tertiary/aromatic N) is 1. The van der Waals surface area contributed by atoms with Crippen LogP contribution < -0.4 is 10.2 Å². The molecule has 8 nitrogen and oxygen atoms in total. The molecule has 0 aliphatic rings. The number of unbranched alkanes of at least 4 members (excludes halogenated alkanes) is 17. The van der Waals surface area contributed by atoms with Gasteiger partial charge in [0.25, 0.3) is 7.82 Å². The summed E-state index contributed by atoms with van der Waals surface area (Å²) in [6.07, 6.45) is 30.7. The van der Waals surface area contributed by atoms with Crippen LogP contribution >= 0.6 is 7.82 Å². The molecule has 1 amide bonds. The Labute approximate surface area is 277 Å². The van der Waals surface area contributed by atoms with Crippen LogP contribution in [0.25, 0.3) is 0 Å². The van der Waals surface area contributed by atoms with Crippen molar-refractivity contribution in [1.29, 1.82) is 0 Å². The lowest BCUT2D eigenvalue weighted by Gasteiger charge is -2.29. The molecule has 2 N–H and O–H groups in total. The van der Waals surface area contributed by atoms with Crippen LogP contribution in [0.4, 0.5) is 0 Å². The van der Waals surface area contributed by atoms with E-state index in [1.54, 1.807) is 6.08 Å². The van der Waals surface area contributed by atoms with Gasteiger partial charge in [-0.05, 0) is 38.5 Å². The third-order valence-electron chi connectivity index (χ3n) is 7.89. The van der Waals surface area contributed by atoms with Crippen molar-refractivity contribution in [3.8, 4) is 0 Å². The molecular weight excluding hydrogens is 587 g/mol. The summed E-state index contributed by atoms with van der Waals surface area (Å²) >= 11 is 0. The SMILES string of the molecule is CCC/C=C\CCCCCCCC(=O)NC(COP(=O)([O-])OCC[N+](C)(C)C)C(O)/C=C/CCCCCCCCCCCCC. The monoisotopic (exact) mass is 659 g/mol. The molecule has 0 rings (SSSR count). The summed E-state index contributed by atoms with van der Waals surface area (Å²) in [5.41, 5.74) is 0. The maximum Gasteiger partial charge on any atom is 0.268 e. The fourth-order valence-electron chi connectivity index (χ4n) is 4.92. The summed E-state index contributed by atoms with van der Waals surface area (Å²) in [4.78, 5) is 25.0. The molecule has 0 fully saturated rings. The summed E-state index contributed by atoms with van der Waals surface area (Å²) < 4.78 is 23.0. The number of aliphatic hydroxyl groups excluding tert-OH is 1. The molecule has 0 aromatic rings. The highest BCUT2D eigenvalue weighted by Gasteiger charge is 2.23. The third-order valence-corrected chi connectivity index (χ3v) is 8.85. The lowest BCUT2D eigenvalue weighted by molar-refractivity contribution is -0.870. The topological polar surface area (TPSA) is 108 Å². The molecule has 0 aliphatic heterocycles. The molecule has 0 bridgehead atoms. The van der Waals surface area contributed by atoms with Crippen LogP contribution in [0.3, 0.4) is 0 Å². The van der Waals surface area contributed by atoms with E-state index in [9.17, 15) is 19.4 Å². The van der Waals surface area contributed by atoms with Gasteiger partial charge in [-0.15, -0.1) is 0 Å². The van der Waals surface area contributed by atoms with E-state index in [4.69, 9.17) is 9.05 Å². The van der Waals surface area contributed by atoms with Crippen molar-refractivity contribution in [2.75, 3.05) is 40.9 Å². The number of amides is 1. The average Bonchev–Trinajstić information content (AvgIpc) is 2.97. The van der Waals surface area contributed by atoms with E-state index >= 15 is 0 Å². The van der Waals surface area contributed by atoms with Crippen LogP contribution in [0, 0.1) is 0 Å². The largest absolute Gasteiger partial charge is 0.756 e. The molecule has 0 aliphatic carbocycles. The molecule has 45 heavy (non-hydrogen) atoms. The summed E-state index contributed by atoms with van der Waals surface area (Å²) in [6, 6.07) is -0.884. The Bertz CT molecular complexity index is 799. The maximum absolute atomic E-state index is 12.7. The molecule has 0 aromatic carbocycles. The molecule has 0 spiro atoms. The van der Waals surface area contributed by atoms with Crippen molar-refractivity contribution < 1.29 is 32.9 Å². The predicted octanol–water partition coefficient (Wildman–Crippen LogP) is 8.38. The van der Waals surface area contributed by atoms with Crippen LogP contribution in [0.1, 0.15) is 149 Å². The minimum atomic E-state index is -4.57. The van der Waals surface area contributed by atoms with Crippen molar-refractivity contribution in [1.82, 2.24) is 5.32 Å². The van der Waals surface area contributed by atoms with Gasteiger partial charge in [0, 0.05) is 6.42 Å². The van der Waals surface area contributed by atoms with E-state index < -0.39 is 20.0 Å². The van der Waals surface area contributed by atoms with Gasteiger partial charge in [-0.3, -0.25) is 9.36 Å². The second-order valence-electron chi connectivity index (χ2n) is 13.6. The highest BCUT2D eigenvalue weighted by molar-refractivity contribution is 7.45. The average molecular weight is 659 g/mol. The van der Waals surface area contributed by atoms with Crippen LogP contribution in [0.2, 0.25) is 0 Å². The second-order valence-corrected chi connectivity index (χ2v) is 15.0. The van der Waals surface area contributed by atoms with E-state index in [1.165, 1.54) is 64.2 Å². The van der Waals surface area contributed by atoms with Gasteiger partial charge in [0.15, 0.2) is 0 Å². The quantitative estimate of drug-likeness (QED) is 0.0325. The molecule has 0 saturated carbocycles. The lowest BCUT2D eigenvalue weighted by Crippen LogP contribution is -2.45. The van der Waals surface area contributed by atoms with Gasteiger partial charge in [0.2, 0.25) is 5.91 Å². The standard InChI is InChI=1S/C36H71N2O6P/c1-6-8-10-12-14-16-18-19-20-21-23-25-27-29-35(39)34(33-44-45(41,42)43-32-31-38(3,4)5)37-36(40)30-28-26-24-22-17-15-13-11-9-7-2/h11,13,27,29,34-35,39H,6-10,12,14-26,28,30-33H2,1-5H3,(H-,37,40,41,42)/b13-11-,29-27+. The fourth-order valence-corrected chi connectivity index (χ4v) is 5.64. The second kappa shape index (κ2) is 29.1. The molecular formula is C36H71N2O6P. The number of allylic oxidation sites excluding steroid dienone is 3. The van der Waals surface area contributed by atoms with Gasteiger partial charge in [0.1, 0.15) is 13.2 Å². The summed E-state index contributed by atoms with van der Waals surface area (Å²) in [5, 5.41) is 13.6. The van der Waals surface area contributed by atoms with Crippen LogP contribution in [0.15, 0.2) is 24.3 Å². The molecule has 0 radical (unpaired) electrons. The number of phosphoric acid groups is 1. The van der Waals surface area contributed by atoms with Gasteiger partial charge < -0.3 is 28.8 Å². The van der Waals surface area contributed by atoms with Gasteiger partial charge >= 0.3 is 0 Å². The lowest BCUT2D eigenvalue weighted by atomic mass is 10.0. The number of hydrogen-bond acceptors (Lipinski definition) is 6. The van der Waals surface area contributed by atoms with E-state index in [0.717, 1.165) is 64.2 Å². The number of carbonyl (C=O) groups excluding carboxylic acids is 1. The molecule has 0 saturated heterocycles. The molecule has 3 atom stereocenters. The smallest absolute Gasteiger partial charge is 0.268 e. The van der Waals surface area contributed by atoms with E-state index in [1.807, 2.05) is 27.2 Å². The molecule has 3 unspecified atom stereocenters. The zero-order valence-electron chi connectivity index (χ0n) is 29.8. The first-order chi connectivity index (χ1) is 21.5. The van der Waals surface area contributed by atoms with Crippen LogP contribution in [0.5, 0.6) is 0 Å². The van der Waals surface area contributed by atoms with Gasteiger partial charge in [-0.2, -0.15) is 0 Å². The van der Waals surface area contributed by atoms with Gasteiger partial charge in [-0.25, -0.2) is 0 Å². The Balaban J connectivity index is 4.59. The van der Waals surface area contributed by atoms with Gasteiger partial charge in [0.05, 0.1) is 39.9 Å². The highest BCUT2D eigenvalue weighted by atomic mass is 31.2. The Morgan fingerprint density at radius 2 is 1.27 bits per heavy atom. The molecule has 266 valence electrons. The van der Waals surface area contributed by atoms with E-state index in [-0.39, 0.29) is 19.1 Å². The van der Waals surface area contributed by atoms with Crippen molar-refractivity contribution in [3.63, 3.8) is 0 Å². The summed E-state index contributed by atoms with van der Waals surface area (Å²) in [7, 11) is 1.25. The number of likely N-dealkylation sites (N-methyl/N-ethyl adjacent to an activating group) is 1. The number of hydrogen-bond donors (Lipinski definition) is 2. The third kappa shape index (κ3) is 31.4. The fraction of sp³-hybridized carbons (Fsp3) is 0.861. The number of rotatable bonds is 32. The first kappa shape index (κ1) is 44.0. The van der Waals surface area contributed by atoms with Crippen LogP contribution in [-0.4, -0.2) is 68.5 Å². The zero-order valence-corrected chi connectivity index (χ0v) is 30.7. The number of aliphatic hydroxyl groups is 1. The van der Waals surface area contributed by atoms with E-state index in [2.05, 4.69) is 31.3 Å². The Hall–Kier alpha value is -1.02. The van der Waals surface area contributed by atoms with E-state index in [0.29, 0.717) is 17.4 Å². The normalized spacial score (nSPS) is 15.1. The maximum atomic E-state index is 12.7. The molecule has 0 aromatic heterocycles. The zero-order chi connectivity index (χ0) is 33.7. The number of phosphoric ester groups is 1. The number of quaternary nitrogens is 1. The predicted molar refractivity (Wildman–Crippen MR) is 187 cm³/mol. The first-order valence-electron chi connectivity index (χ1n) is 18.2. The number of carbonyl (C=O) groups is 1. The van der Waals surface area contributed by atoms with Crippen molar-refractivity contribution in [2.45, 2.75) is 161 Å². The number of nitrogens with one attached hydrogen (secondary N) is 1.